The SMILES string of the molecule is COc1cc2c(cc1OC)[C@@H]1[C@H](C)C(=O)C3=C(CC(C)(C)CC3=O)N1CC2. The summed E-state index contributed by atoms with van der Waals surface area (Å²) in [6.07, 6.45) is 2.08. The Kier molecular flexibility index (Phi) is 4.09. The molecule has 0 aromatic heterocycles. The van der Waals surface area contributed by atoms with Crippen molar-refractivity contribution in [1.82, 2.24) is 4.90 Å². The summed E-state index contributed by atoms with van der Waals surface area (Å²) < 4.78 is 11.0. The van der Waals surface area contributed by atoms with Gasteiger partial charge >= 0.3 is 0 Å². The number of ketones is 2. The maximum atomic E-state index is 13.2. The van der Waals surface area contributed by atoms with Crippen LogP contribution >= 0.6 is 0 Å². The highest BCUT2D eigenvalue weighted by Gasteiger charge is 2.48. The normalized spacial score (nSPS) is 26.3. The van der Waals surface area contributed by atoms with E-state index in [0.717, 1.165) is 30.6 Å². The highest BCUT2D eigenvalue weighted by Crippen LogP contribution is 2.50. The molecule has 2 aliphatic heterocycles. The summed E-state index contributed by atoms with van der Waals surface area (Å²) in [6, 6.07) is 3.99. The molecule has 5 nitrogen and oxygen atoms in total. The molecule has 0 saturated heterocycles. The van der Waals surface area contributed by atoms with Crippen molar-refractivity contribution < 1.29 is 19.1 Å². The molecule has 0 spiro atoms. The number of allylic oxidation sites excluding steroid dienone is 2. The molecular weight excluding hydrogens is 342 g/mol. The molecule has 0 fully saturated rings. The topological polar surface area (TPSA) is 55.8 Å². The first-order chi connectivity index (χ1) is 12.8. The molecule has 1 aliphatic carbocycles. The molecule has 0 N–H and O–H groups in total. The lowest BCUT2D eigenvalue weighted by Gasteiger charge is -2.49. The van der Waals surface area contributed by atoms with Gasteiger partial charge in [-0.15, -0.1) is 0 Å². The molecule has 144 valence electrons. The van der Waals surface area contributed by atoms with Crippen LogP contribution in [0.5, 0.6) is 11.5 Å². The van der Waals surface area contributed by atoms with E-state index in [0.29, 0.717) is 23.5 Å². The smallest absolute Gasteiger partial charge is 0.173 e. The van der Waals surface area contributed by atoms with Gasteiger partial charge in [0.25, 0.3) is 0 Å². The molecule has 2 atom stereocenters. The van der Waals surface area contributed by atoms with Gasteiger partial charge in [-0.1, -0.05) is 20.8 Å². The van der Waals surface area contributed by atoms with Gasteiger partial charge in [0.05, 0.1) is 25.8 Å². The van der Waals surface area contributed by atoms with Crippen molar-refractivity contribution in [3.63, 3.8) is 0 Å². The number of carbonyl (C=O) groups is 2. The first kappa shape index (κ1) is 18.1. The number of ether oxygens (including phenoxy) is 2. The van der Waals surface area contributed by atoms with Gasteiger partial charge in [-0.3, -0.25) is 9.59 Å². The van der Waals surface area contributed by atoms with E-state index >= 15 is 0 Å². The van der Waals surface area contributed by atoms with Crippen molar-refractivity contribution in [1.29, 1.82) is 0 Å². The summed E-state index contributed by atoms with van der Waals surface area (Å²) in [5.74, 6) is 1.14. The summed E-state index contributed by atoms with van der Waals surface area (Å²) in [5.41, 5.74) is 3.60. The fourth-order valence-corrected chi connectivity index (χ4v) is 5.00. The average Bonchev–Trinajstić information content (AvgIpc) is 2.62. The van der Waals surface area contributed by atoms with E-state index in [4.69, 9.17) is 9.47 Å². The van der Waals surface area contributed by atoms with Crippen molar-refractivity contribution in [3.05, 3.63) is 34.5 Å². The van der Waals surface area contributed by atoms with Gasteiger partial charge < -0.3 is 14.4 Å². The number of carbonyl (C=O) groups excluding carboxylic acids is 2. The number of methoxy groups -OCH3 is 2. The Bertz CT molecular complexity index is 867. The van der Waals surface area contributed by atoms with Gasteiger partial charge in [0.15, 0.2) is 23.1 Å². The minimum atomic E-state index is -0.258. The number of hydrogen-bond donors (Lipinski definition) is 0. The predicted octanol–water partition coefficient (Wildman–Crippen LogP) is 3.47. The standard InChI is InChI=1S/C22H27NO4/c1-12-20-14-9-18(27-5)17(26-4)8-13(14)6-7-23(20)15-10-22(2,3)11-16(24)19(15)21(12)25/h8-9,12,20H,6-7,10-11H2,1-5H3/t12-,20-/m0/s1. The van der Waals surface area contributed by atoms with Gasteiger partial charge in [-0.2, -0.15) is 0 Å². The summed E-state index contributed by atoms with van der Waals surface area (Å²) in [7, 11) is 3.27. The minimum absolute atomic E-state index is 0.00520. The van der Waals surface area contributed by atoms with Gasteiger partial charge in [-0.25, -0.2) is 0 Å². The largest absolute Gasteiger partial charge is 0.493 e. The summed E-state index contributed by atoms with van der Waals surface area (Å²) in [4.78, 5) is 28.2. The minimum Gasteiger partial charge on any atom is -0.493 e. The highest BCUT2D eigenvalue weighted by molar-refractivity contribution is 6.22. The second-order valence-corrected chi connectivity index (χ2v) is 8.71. The number of benzene rings is 1. The van der Waals surface area contributed by atoms with E-state index in [9.17, 15) is 9.59 Å². The van der Waals surface area contributed by atoms with E-state index in [-0.39, 0.29) is 28.9 Å². The molecule has 5 heteroatoms. The third-order valence-corrected chi connectivity index (χ3v) is 6.25. The maximum absolute atomic E-state index is 13.2. The molecule has 4 rings (SSSR count). The monoisotopic (exact) mass is 369 g/mol. The molecule has 0 amide bonds. The van der Waals surface area contributed by atoms with Gasteiger partial charge in [0.2, 0.25) is 0 Å². The Balaban J connectivity index is 1.86. The number of hydrogen-bond acceptors (Lipinski definition) is 5. The number of Topliss-reactive ketones (excluding diaryl/α,β-unsaturated/α-hetero) is 2. The third-order valence-electron chi connectivity index (χ3n) is 6.25. The Hall–Kier alpha value is -2.30. The zero-order valence-corrected chi connectivity index (χ0v) is 16.7. The fraction of sp³-hybridized carbons (Fsp3) is 0.545. The van der Waals surface area contributed by atoms with Crippen LogP contribution in [0.1, 0.15) is 50.8 Å². The van der Waals surface area contributed by atoms with Gasteiger partial charge in [0, 0.05) is 24.6 Å². The van der Waals surface area contributed by atoms with E-state index < -0.39 is 0 Å². The average molecular weight is 369 g/mol. The lowest BCUT2D eigenvalue weighted by molar-refractivity contribution is -0.128. The van der Waals surface area contributed by atoms with Crippen LogP contribution in [0.2, 0.25) is 0 Å². The zero-order valence-electron chi connectivity index (χ0n) is 16.7. The number of rotatable bonds is 2. The van der Waals surface area contributed by atoms with E-state index in [2.05, 4.69) is 18.7 Å². The molecular formula is C22H27NO4. The molecule has 1 aromatic carbocycles. The Morgan fingerprint density at radius 2 is 1.74 bits per heavy atom. The van der Waals surface area contributed by atoms with Gasteiger partial charge in [0.1, 0.15) is 0 Å². The predicted molar refractivity (Wildman–Crippen MR) is 102 cm³/mol. The molecule has 0 saturated carbocycles. The van der Waals surface area contributed by atoms with E-state index in [1.807, 2.05) is 19.1 Å². The van der Waals surface area contributed by atoms with E-state index in [1.165, 1.54) is 5.56 Å². The molecule has 3 aliphatic rings. The van der Waals surface area contributed by atoms with Crippen LogP contribution in [0.4, 0.5) is 0 Å². The molecule has 27 heavy (non-hydrogen) atoms. The molecule has 0 radical (unpaired) electrons. The number of fused-ring (bicyclic) bond motifs is 4. The number of nitrogens with zero attached hydrogens (tertiary/aromatic N) is 1. The maximum Gasteiger partial charge on any atom is 0.173 e. The highest BCUT2D eigenvalue weighted by atomic mass is 16.5. The summed E-state index contributed by atoms with van der Waals surface area (Å²) in [6.45, 7) is 6.98. The third kappa shape index (κ3) is 2.67. The second kappa shape index (κ2) is 6.11. The Labute approximate surface area is 160 Å². The van der Waals surface area contributed by atoms with Crippen LogP contribution in [-0.2, 0) is 16.0 Å². The van der Waals surface area contributed by atoms with Crippen LogP contribution in [0, 0.1) is 11.3 Å². The quantitative estimate of drug-likeness (QED) is 0.747. The summed E-state index contributed by atoms with van der Waals surface area (Å²) >= 11 is 0. The van der Waals surface area contributed by atoms with Crippen LogP contribution in [0.25, 0.3) is 0 Å². The van der Waals surface area contributed by atoms with Crippen molar-refractivity contribution in [2.45, 2.75) is 46.1 Å². The Morgan fingerprint density at radius 3 is 2.41 bits per heavy atom. The Morgan fingerprint density at radius 1 is 1.07 bits per heavy atom. The van der Waals surface area contributed by atoms with Crippen molar-refractivity contribution >= 4 is 11.6 Å². The van der Waals surface area contributed by atoms with Crippen LogP contribution in [0.3, 0.4) is 0 Å². The van der Waals surface area contributed by atoms with Crippen LogP contribution < -0.4 is 9.47 Å². The molecule has 0 unspecified atom stereocenters. The zero-order chi connectivity index (χ0) is 19.5. The first-order valence-electron chi connectivity index (χ1n) is 9.59. The summed E-state index contributed by atoms with van der Waals surface area (Å²) in [5, 5.41) is 0. The second-order valence-electron chi connectivity index (χ2n) is 8.71. The fourth-order valence-electron chi connectivity index (χ4n) is 5.00. The lowest BCUT2D eigenvalue weighted by atomic mass is 9.68. The van der Waals surface area contributed by atoms with Crippen LogP contribution in [0.15, 0.2) is 23.4 Å². The molecule has 2 heterocycles. The molecule has 0 bridgehead atoms. The van der Waals surface area contributed by atoms with Crippen molar-refractivity contribution in [3.8, 4) is 11.5 Å². The lowest BCUT2D eigenvalue weighted by Crippen LogP contribution is -2.49. The van der Waals surface area contributed by atoms with Crippen molar-refractivity contribution in [2.75, 3.05) is 20.8 Å². The van der Waals surface area contributed by atoms with Gasteiger partial charge in [-0.05, 0) is 41.5 Å². The molecule has 1 aromatic rings. The van der Waals surface area contributed by atoms with Crippen LogP contribution in [-0.4, -0.2) is 37.2 Å². The van der Waals surface area contributed by atoms with E-state index in [1.54, 1.807) is 14.2 Å². The first-order valence-corrected chi connectivity index (χ1v) is 9.59. The van der Waals surface area contributed by atoms with Crippen molar-refractivity contribution in [2.24, 2.45) is 11.3 Å².